The number of hydrogen-bond acceptors (Lipinski definition) is 5. The SMILES string of the molecule is CCc1nnc(-c2cc(NC(=O)c3cc(F)ccc3Cl)c(C)s2)o1. The maximum Gasteiger partial charge on any atom is 0.257 e. The Morgan fingerprint density at radius 1 is 1.38 bits per heavy atom. The van der Waals surface area contributed by atoms with Crippen molar-refractivity contribution in [2.75, 3.05) is 5.32 Å². The summed E-state index contributed by atoms with van der Waals surface area (Å²) in [5, 5.41) is 10.8. The Morgan fingerprint density at radius 2 is 2.17 bits per heavy atom. The number of aromatic nitrogens is 2. The Kier molecular flexibility index (Phi) is 4.64. The van der Waals surface area contributed by atoms with Crippen LogP contribution in [0, 0.1) is 12.7 Å². The van der Waals surface area contributed by atoms with E-state index in [1.54, 1.807) is 6.07 Å². The molecule has 1 amide bonds. The van der Waals surface area contributed by atoms with Gasteiger partial charge in [0, 0.05) is 11.3 Å². The monoisotopic (exact) mass is 365 g/mol. The van der Waals surface area contributed by atoms with Crippen molar-refractivity contribution in [3.63, 3.8) is 0 Å². The summed E-state index contributed by atoms with van der Waals surface area (Å²) in [5.74, 6) is -0.0469. The first-order chi connectivity index (χ1) is 11.5. The number of aryl methyl sites for hydroxylation is 2. The van der Waals surface area contributed by atoms with Crippen LogP contribution in [-0.4, -0.2) is 16.1 Å². The first kappa shape index (κ1) is 16.6. The Hall–Kier alpha value is -2.25. The number of hydrogen-bond donors (Lipinski definition) is 1. The number of halogens is 2. The van der Waals surface area contributed by atoms with E-state index in [9.17, 15) is 9.18 Å². The molecule has 0 unspecified atom stereocenters. The van der Waals surface area contributed by atoms with Crippen LogP contribution >= 0.6 is 22.9 Å². The molecule has 0 radical (unpaired) electrons. The van der Waals surface area contributed by atoms with E-state index in [4.69, 9.17) is 16.0 Å². The van der Waals surface area contributed by atoms with Crippen LogP contribution in [0.25, 0.3) is 10.8 Å². The van der Waals surface area contributed by atoms with Crippen LogP contribution < -0.4 is 5.32 Å². The molecule has 3 rings (SSSR count). The summed E-state index contributed by atoms with van der Waals surface area (Å²) in [6, 6.07) is 5.40. The number of nitrogens with zero attached hydrogens (tertiary/aromatic N) is 2. The second kappa shape index (κ2) is 6.70. The summed E-state index contributed by atoms with van der Waals surface area (Å²) in [7, 11) is 0. The summed E-state index contributed by atoms with van der Waals surface area (Å²) >= 11 is 7.38. The van der Waals surface area contributed by atoms with Crippen molar-refractivity contribution in [3.8, 4) is 10.8 Å². The molecule has 1 N–H and O–H groups in total. The van der Waals surface area contributed by atoms with E-state index < -0.39 is 11.7 Å². The Bertz CT molecular complexity index is 907. The van der Waals surface area contributed by atoms with Gasteiger partial charge in [-0.2, -0.15) is 0 Å². The lowest BCUT2D eigenvalue weighted by molar-refractivity contribution is 0.102. The zero-order valence-electron chi connectivity index (χ0n) is 12.9. The maximum atomic E-state index is 13.3. The molecule has 2 aromatic heterocycles. The van der Waals surface area contributed by atoms with Crippen LogP contribution in [-0.2, 0) is 6.42 Å². The van der Waals surface area contributed by atoms with Crippen LogP contribution in [0.1, 0.15) is 28.0 Å². The first-order valence-electron chi connectivity index (χ1n) is 7.17. The molecule has 0 spiro atoms. The molecule has 8 heteroatoms. The highest BCUT2D eigenvalue weighted by Gasteiger charge is 2.17. The minimum atomic E-state index is -0.523. The van der Waals surface area contributed by atoms with E-state index >= 15 is 0 Å². The van der Waals surface area contributed by atoms with Crippen molar-refractivity contribution in [3.05, 3.63) is 51.4 Å². The van der Waals surface area contributed by atoms with E-state index in [0.717, 1.165) is 15.8 Å². The van der Waals surface area contributed by atoms with Gasteiger partial charge in [0.2, 0.25) is 5.89 Å². The van der Waals surface area contributed by atoms with Gasteiger partial charge in [0.25, 0.3) is 11.8 Å². The molecule has 0 aliphatic carbocycles. The summed E-state index contributed by atoms with van der Waals surface area (Å²) in [6.07, 6.45) is 0.652. The number of amides is 1. The van der Waals surface area contributed by atoms with Gasteiger partial charge in [-0.25, -0.2) is 4.39 Å². The van der Waals surface area contributed by atoms with Crippen molar-refractivity contribution in [1.29, 1.82) is 0 Å². The van der Waals surface area contributed by atoms with Gasteiger partial charge in [0.15, 0.2) is 0 Å². The quantitative estimate of drug-likeness (QED) is 0.726. The van der Waals surface area contributed by atoms with E-state index in [1.807, 2.05) is 13.8 Å². The summed E-state index contributed by atoms with van der Waals surface area (Å²) in [5.41, 5.74) is 0.673. The predicted molar refractivity (Wildman–Crippen MR) is 91.1 cm³/mol. The van der Waals surface area contributed by atoms with E-state index in [2.05, 4.69) is 15.5 Å². The fraction of sp³-hybridized carbons (Fsp3) is 0.188. The largest absolute Gasteiger partial charge is 0.420 e. The highest BCUT2D eigenvalue weighted by molar-refractivity contribution is 7.15. The zero-order chi connectivity index (χ0) is 17.3. The van der Waals surface area contributed by atoms with Gasteiger partial charge in [-0.1, -0.05) is 18.5 Å². The molecule has 5 nitrogen and oxygen atoms in total. The average molecular weight is 366 g/mol. The van der Waals surface area contributed by atoms with E-state index in [1.165, 1.54) is 23.5 Å². The van der Waals surface area contributed by atoms with Gasteiger partial charge in [0.1, 0.15) is 5.82 Å². The van der Waals surface area contributed by atoms with Gasteiger partial charge in [0.05, 0.1) is 21.2 Å². The number of thiophene rings is 1. The molecule has 0 fully saturated rings. The number of rotatable bonds is 4. The Labute approximate surface area is 146 Å². The van der Waals surface area contributed by atoms with Crippen LogP contribution in [0.2, 0.25) is 5.02 Å². The van der Waals surface area contributed by atoms with Crippen molar-refractivity contribution < 1.29 is 13.6 Å². The third kappa shape index (κ3) is 3.32. The van der Waals surface area contributed by atoms with Crippen LogP contribution in [0.5, 0.6) is 0 Å². The number of nitrogens with one attached hydrogen (secondary N) is 1. The summed E-state index contributed by atoms with van der Waals surface area (Å²) in [4.78, 5) is 13.9. The fourth-order valence-electron chi connectivity index (χ4n) is 2.07. The number of benzene rings is 1. The van der Waals surface area contributed by atoms with Gasteiger partial charge in [-0.3, -0.25) is 4.79 Å². The molecule has 0 saturated heterocycles. The first-order valence-corrected chi connectivity index (χ1v) is 8.37. The number of anilines is 1. The van der Waals surface area contributed by atoms with Gasteiger partial charge in [-0.05, 0) is 31.2 Å². The molecule has 0 saturated carbocycles. The Balaban J connectivity index is 1.85. The van der Waals surface area contributed by atoms with Crippen molar-refractivity contribution in [2.24, 2.45) is 0 Å². The minimum absolute atomic E-state index is 0.0786. The summed E-state index contributed by atoms with van der Waals surface area (Å²) in [6.45, 7) is 3.78. The number of carbonyl (C=O) groups is 1. The predicted octanol–water partition coefficient (Wildman–Crippen LogP) is 4.71. The molecular weight excluding hydrogens is 353 g/mol. The lowest BCUT2D eigenvalue weighted by Gasteiger charge is -2.06. The number of carbonyl (C=O) groups excluding carboxylic acids is 1. The van der Waals surface area contributed by atoms with Crippen LogP contribution in [0.4, 0.5) is 10.1 Å². The molecule has 2 heterocycles. The molecule has 0 aliphatic heterocycles. The molecule has 1 aromatic carbocycles. The topological polar surface area (TPSA) is 68.0 Å². The van der Waals surface area contributed by atoms with Crippen LogP contribution in [0.3, 0.4) is 0 Å². The third-order valence-corrected chi connectivity index (χ3v) is 4.69. The van der Waals surface area contributed by atoms with E-state index in [0.29, 0.717) is 23.9 Å². The second-order valence-electron chi connectivity index (χ2n) is 5.01. The fourth-order valence-corrected chi connectivity index (χ4v) is 3.17. The lowest BCUT2D eigenvalue weighted by Crippen LogP contribution is -2.12. The second-order valence-corrected chi connectivity index (χ2v) is 6.68. The normalized spacial score (nSPS) is 10.8. The zero-order valence-corrected chi connectivity index (χ0v) is 14.5. The average Bonchev–Trinajstić information content (AvgIpc) is 3.17. The molecule has 124 valence electrons. The van der Waals surface area contributed by atoms with Gasteiger partial charge in [-0.15, -0.1) is 21.5 Å². The lowest BCUT2D eigenvalue weighted by atomic mass is 10.2. The standard InChI is InChI=1S/C16H13ClFN3O2S/c1-3-14-20-21-16(23-14)13-7-12(8(2)24-13)19-15(22)10-6-9(18)4-5-11(10)17/h4-7H,3H2,1-2H3,(H,19,22). The van der Waals surface area contributed by atoms with Crippen molar-refractivity contribution in [1.82, 2.24) is 10.2 Å². The van der Waals surface area contributed by atoms with E-state index in [-0.39, 0.29) is 10.6 Å². The maximum absolute atomic E-state index is 13.3. The molecule has 0 aliphatic rings. The minimum Gasteiger partial charge on any atom is -0.420 e. The molecule has 3 aromatic rings. The molecule has 24 heavy (non-hydrogen) atoms. The highest BCUT2D eigenvalue weighted by Crippen LogP contribution is 2.34. The van der Waals surface area contributed by atoms with Gasteiger partial charge < -0.3 is 9.73 Å². The smallest absolute Gasteiger partial charge is 0.257 e. The molecule has 0 atom stereocenters. The highest BCUT2D eigenvalue weighted by atomic mass is 35.5. The third-order valence-electron chi connectivity index (χ3n) is 3.32. The molecular formula is C16H13ClFN3O2S. The van der Waals surface area contributed by atoms with Gasteiger partial charge >= 0.3 is 0 Å². The molecule has 0 bridgehead atoms. The van der Waals surface area contributed by atoms with Crippen molar-refractivity contribution >= 4 is 34.5 Å². The van der Waals surface area contributed by atoms with Crippen LogP contribution in [0.15, 0.2) is 28.7 Å². The Morgan fingerprint density at radius 3 is 2.88 bits per heavy atom. The summed E-state index contributed by atoms with van der Waals surface area (Å²) < 4.78 is 18.8. The van der Waals surface area contributed by atoms with Crippen molar-refractivity contribution in [2.45, 2.75) is 20.3 Å².